The first-order chi connectivity index (χ1) is 11.0. The Morgan fingerprint density at radius 3 is 2.57 bits per heavy atom. The van der Waals surface area contributed by atoms with Crippen molar-refractivity contribution in [1.29, 1.82) is 0 Å². The summed E-state index contributed by atoms with van der Waals surface area (Å²) in [5.41, 5.74) is 0.400. The van der Waals surface area contributed by atoms with E-state index in [4.69, 9.17) is 0 Å². The Kier molecular flexibility index (Phi) is 4.39. The standard InChI is InChI=1S/C16H15F2NO3S/c17-16(18)23-11-3-1-2-10(7-11)19-14(20)12-8-4-5-9(6-8)13(12)15(21)22/h1-5,7-9,12-13,16H,6H2,(H,19,20)(H,21,22). The van der Waals surface area contributed by atoms with Crippen LogP contribution in [0, 0.1) is 23.7 Å². The van der Waals surface area contributed by atoms with E-state index in [0.717, 1.165) is 0 Å². The first-order valence-electron chi connectivity index (χ1n) is 7.22. The van der Waals surface area contributed by atoms with Gasteiger partial charge in [0.1, 0.15) is 0 Å². The van der Waals surface area contributed by atoms with Gasteiger partial charge >= 0.3 is 5.97 Å². The maximum absolute atomic E-state index is 12.5. The van der Waals surface area contributed by atoms with Gasteiger partial charge in [0.05, 0.1) is 11.8 Å². The smallest absolute Gasteiger partial charge is 0.307 e. The number of thioether (sulfide) groups is 1. The maximum Gasteiger partial charge on any atom is 0.307 e. The van der Waals surface area contributed by atoms with Crippen LogP contribution in [-0.4, -0.2) is 22.7 Å². The maximum atomic E-state index is 12.5. The van der Waals surface area contributed by atoms with Gasteiger partial charge in [-0.2, -0.15) is 8.78 Å². The number of allylic oxidation sites excluding steroid dienone is 2. The Morgan fingerprint density at radius 1 is 1.22 bits per heavy atom. The number of benzene rings is 1. The Hall–Kier alpha value is -1.89. The third-order valence-corrected chi connectivity index (χ3v) is 5.08. The van der Waals surface area contributed by atoms with Crippen molar-refractivity contribution in [2.45, 2.75) is 17.1 Å². The van der Waals surface area contributed by atoms with E-state index in [2.05, 4.69) is 5.32 Å². The molecular formula is C16H15F2NO3S. The molecule has 1 aromatic carbocycles. The van der Waals surface area contributed by atoms with E-state index in [1.807, 2.05) is 12.2 Å². The number of fused-ring (bicyclic) bond motifs is 2. The van der Waals surface area contributed by atoms with Crippen LogP contribution in [0.25, 0.3) is 0 Å². The van der Waals surface area contributed by atoms with E-state index in [1.165, 1.54) is 12.1 Å². The lowest BCUT2D eigenvalue weighted by Crippen LogP contribution is -2.36. The molecule has 23 heavy (non-hydrogen) atoms. The minimum Gasteiger partial charge on any atom is -0.481 e. The van der Waals surface area contributed by atoms with E-state index in [0.29, 0.717) is 28.8 Å². The van der Waals surface area contributed by atoms with Crippen LogP contribution in [0.3, 0.4) is 0 Å². The number of aliphatic carboxylic acids is 1. The molecule has 4 atom stereocenters. The molecule has 0 heterocycles. The number of nitrogens with one attached hydrogen (secondary N) is 1. The van der Waals surface area contributed by atoms with Gasteiger partial charge in [-0.15, -0.1) is 0 Å². The number of alkyl halides is 2. The molecule has 2 aliphatic carbocycles. The highest BCUT2D eigenvalue weighted by molar-refractivity contribution is 7.99. The van der Waals surface area contributed by atoms with Crippen LogP contribution in [0.5, 0.6) is 0 Å². The minimum atomic E-state index is -2.53. The zero-order chi connectivity index (χ0) is 16.6. The SMILES string of the molecule is O=C(O)C1C2C=CC(C2)C1C(=O)Nc1cccc(SC(F)F)c1. The number of carbonyl (C=O) groups excluding carboxylic acids is 1. The molecule has 3 rings (SSSR count). The van der Waals surface area contributed by atoms with Gasteiger partial charge in [0, 0.05) is 10.6 Å². The fourth-order valence-electron chi connectivity index (χ4n) is 3.49. The van der Waals surface area contributed by atoms with Crippen molar-refractivity contribution in [1.82, 2.24) is 0 Å². The number of rotatable bonds is 5. The van der Waals surface area contributed by atoms with Gasteiger partial charge < -0.3 is 10.4 Å². The third-order valence-electron chi connectivity index (χ3n) is 4.37. The molecule has 0 radical (unpaired) electrons. The lowest BCUT2D eigenvalue weighted by atomic mass is 9.82. The molecule has 2 bridgehead atoms. The first kappa shape index (κ1) is 16.0. The average Bonchev–Trinajstić information content (AvgIpc) is 3.07. The Morgan fingerprint density at radius 2 is 1.91 bits per heavy atom. The number of carboxylic acid groups (broad SMARTS) is 1. The molecule has 0 saturated heterocycles. The summed E-state index contributed by atoms with van der Waals surface area (Å²) in [6, 6.07) is 6.18. The Bertz CT molecular complexity index is 664. The van der Waals surface area contributed by atoms with Gasteiger partial charge in [-0.05, 0) is 36.5 Å². The predicted octanol–water partition coefficient (Wildman–Crippen LogP) is 3.46. The third kappa shape index (κ3) is 3.24. The Balaban J connectivity index is 1.74. The topological polar surface area (TPSA) is 66.4 Å². The van der Waals surface area contributed by atoms with E-state index < -0.39 is 23.6 Å². The molecular weight excluding hydrogens is 324 g/mol. The van der Waals surface area contributed by atoms with Crippen LogP contribution < -0.4 is 5.32 Å². The number of carbonyl (C=O) groups is 2. The van der Waals surface area contributed by atoms with Gasteiger partial charge in [0.2, 0.25) is 5.91 Å². The van der Waals surface area contributed by atoms with Crippen LogP contribution in [0.4, 0.5) is 14.5 Å². The van der Waals surface area contributed by atoms with Crippen LogP contribution in [-0.2, 0) is 9.59 Å². The molecule has 4 nitrogen and oxygen atoms in total. The number of hydrogen-bond acceptors (Lipinski definition) is 3. The summed E-state index contributed by atoms with van der Waals surface area (Å²) in [6.45, 7) is 0. The van der Waals surface area contributed by atoms with Gasteiger partial charge in [0.15, 0.2) is 0 Å². The molecule has 0 aliphatic heterocycles. The molecule has 1 fully saturated rings. The highest BCUT2D eigenvalue weighted by atomic mass is 32.2. The summed E-state index contributed by atoms with van der Waals surface area (Å²) in [7, 11) is 0. The van der Waals surface area contributed by atoms with Crippen LogP contribution >= 0.6 is 11.8 Å². The van der Waals surface area contributed by atoms with Crippen molar-refractivity contribution in [2.75, 3.05) is 5.32 Å². The second-order valence-corrected chi connectivity index (χ2v) is 6.80. The normalized spacial score (nSPS) is 28.3. The number of halogens is 2. The molecule has 4 unspecified atom stereocenters. The highest BCUT2D eigenvalue weighted by Crippen LogP contribution is 2.48. The van der Waals surface area contributed by atoms with Gasteiger partial charge in [-0.3, -0.25) is 9.59 Å². The van der Waals surface area contributed by atoms with Crippen LogP contribution in [0.2, 0.25) is 0 Å². The summed E-state index contributed by atoms with van der Waals surface area (Å²) < 4.78 is 24.8. The van der Waals surface area contributed by atoms with Gasteiger partial charge in [-0.1, -0.05) is 30.0 Å². The van der Waals surface area contributed by atoms with Crippen molar-refractivity contribution in [3.8, 4) is 0 Å². The van der Waals surface area contributed by atoms with Crippen molar-refractivity contribution in [3.63, 3.8) is 0 Å². The summed E-state index contributed by atoms with van der Waals surface area (Å²) in [5.74, 6) is -5.38. The van der Waals surface area contributed by atoms with E-state index in [-0.39, 0.29) is 17.7 Å². The lowest BCUT2D eigenvalue weighted by molar-refractivity contribution is -0.146. The number of hydrogen-bond donors (Lipinski definition) is 2. The molecule has 1 amide bonds. The molecule has 1 aromatic rings. The molecule has 2 aliphatic rings. The van der Waals surface area contributed by atoms with E-state index in [9.17, 15) is 23.5 Å². The van der Waals surface area contributed by atoms with Crippen LogP contribution in [0.15, 0.2) is 41.3 Å². The molecule has 0 spiro atoms. The summed E-state index contributed by atoms with van der Waals surface area (Å²) >= 11 is 0.400. The number of carboxylic acids is 1. The monoisotopic (exact) mass is 339 g/mol. The summed E-state index contributed by atoms with van der Waals surface area (Å²) in [5, 5.41) is 12.0. The molecule has 0 aromatic heterocycles. The first-order valence-corrected chi connectivity index (χ1v) is 8.10. The largest absolute Gasteiger partial charge is 0.481 e. The van der Waals surface area contributed by atoms with Crippen LogP contribution in [0.1, 0.15) is 6.42 Å². The van der Waals surface area contributed by atoms with Crippen molar-refractivity contribution in [3.05, 3.63) is 36.4 Å². The second-order valence-electron chi connectivity index (χ2n) is 5.73. The highest BCUT2D eigenvalue weighted by Gasteiger charge is 2.51. The second kappa shape index (κ2) is 6.31. The molecule has 7 heteroatoms. The average molecular weight is 339 g/mol. The predicted molar refractivity (Wildman–Crippen MR) is 82.3 cm³/mol. The van der Waals surface area contributed by atoms with Gasteiger partial charge in [0.25, 0.3) is 5.76 Å². The molecule has 2 N–H and O–H groups in total. The zero-order valence-electron chi connectivity index (χ0n) is 12.0. The fourth-order valence-corrected chi connectivity index (χ4v) is 4.05. The minimum absolute atomic E-state index is 0.0697. The quantitative estimate of drug-likeness (QED) is 0.637. The lowest BCUT2D eigenvalue weighted by Gasteiger charge is -2.23. The number of anilines is 1. The summed E-state index contributed by atoms with van der Waals surface area (Å²) in [4.78, 5) is 24.3. The van der Waals surface area contributed by atoms with Gasteiger partial charge in [-0.25, -0.2) is 0 Å². The number of amides is 1. The molecule has 1 saturated carbocycles. The van der Waals surface area contributed by atoms with Crippen molar-refractivity contribution in [2.24, 2.45) is 23.7 Å². The van der Waals surface area contributed by atoms with E-state index >= 15 is 0 Å². The summed E-state index contributed by atoms with van der Waals surface area (Å²) in [6.07, 6.45) is 4.45. The van der Waals surface area contributed by atoms with E-state index in [1.54, 1.807) is 12.1 Å². The zero-order valence-corrected chi connectivity index (χ0v) is 12.8. The van der Waals surface area contributed by atoms with Crippen molar-refractivity contribution < 1.29 is 23.5 Å². The molecule has 122 valence electrons. The van der Waals surface area contributed by atoms with Crippen molar-refractivity contribution >= 4 is 29.3 Å². The fraction of sp³-hybridized carbons (Fsp3) is 0.375. The Labute approximate surface area is 136 Å².